The van der Waals surface area contributed by atoms with Crippen molar-refractivity contribution in [1.82, 2.24) is 4.31 Å². The standard InChI is InChI=1S/C13H18ClFN2O2S2/c1-8-9(2)20-4-3-17(8)21(18,19)12-6-11(14)5-10(7-16)13(12)15/h5-6,8-9H,3-4,7,16H2,1-2H3. The number of hydrogen-bond donors (Lipinski definition) is 1. The summed E-state index contributed by atoms with van der Waals surface area (Å²) in [6.45, 7) is 4.07. The molecule has 0 aromatic heterocycles. The fourth-order valence-corrected chi connectivity index (χ4v) is 5.76. The predicted octanol–water partition coefficient (Wildman–Crippen LogP) is 2.45. The van der Waals surface area contributed by atoms with Crippen molar-refractivity contribution >= 4 is 33.4 Å². The van der Waals surface area contributed by atoms with E-state index in [0.29, 0.717) is 12.3 Å². The van der Waals surface area contributed by atoms with Gasteiger partial charge in [-0.3, -0.25) is 0 Å². The van der Waals surface area contributed by atoms with Crippen molar-refractivity contribution in [2.24, 2.45) is 5.73 Å². The summed E-state index contributed by atoms with van der Waals surface area (Å²) >= 11 is 7.61. The summed E-state index contributed by atoms with van der Waals surface area (Å²) in [4.78, 5) is -0.388. The van der Waals surface area contributed by atoms with E-state index in [0.717, 1.165) is 6.07 Å². The van der Waals surface area contributed by atoms with Crippen LogP contribution in [0.25, 0.3) is 0 Å². The van der Waals surface area contributed by atoms with Crippen molar-refractivity contribution in [3.8, 4) is 0 Å². The van der Waals surface area contributed by atoms with E-state index < -0.39 is 15.8 Å². The quantitative estimate of drug-likeness (QED) is 0.907. The van der Waals surface area contributed by atoms with Crippen molar-refractivity contribution in [3.63, 3.8) is 0 Å². The van der Waals surface area contributed by atoms with Gasteiger partial charge < -0.3 is 5.73 Å². The zero-order valence-corrected chi connectivity index (χ0v) is 14.2. The van der Waals surface area contributed by atoms with Crippen LogP contribution >= 0.6 is 23.4 Å². The normalized spacial score (nSPS) is 24.2. The highest BCUT2D eigenvalue weighted by Gasteiger charge is 2.36. The summed E-state index contributed by atoms with van der Waals surface area (Å²) in [6.07, 6.45) is 0. The largest absolute Gasteiger partial charge is 0.326 e. The van der Waals surface area contributed by atoms with Crippen LogP contribution in [0.1, 0.15) is 19.4 Å². The minimum Gasteiger partial charge on any atom is -0.326 e. The van der Waals surface area contributed by atoms with Gasteiger partial charge in [-0.25, -0.2) is 12.8 Å². The van der Waals surface area contributed by atoms with Gasteiger partial charge in [0, 0.05) is 40.7 Å². The van der Waals surface area contributed by atoms with E-state index in [1.54, 1.807) is 11.8 Å². The van der Waals surface area contributed by atoms with Crippen LogP contribution < -0.4 is 5.73 Å². The molecule has 118 valence electrons. The molecule has 0 bridgehead atoms. The summed E-state index contributed by atoms with van der Waals surface area (Å²) < 4.78 is 41.3. The number of sulfonamides is 1. The summed E-state index contributed by atoms with van der Waals surface area (Å²) in [5.41, 5.74) is 5.55. The molecule has 1 aromatic rings. The monoisotopic (exact) mass is 352 g/mol. The van der Waals surface area contributed by atoms with Gasteiger partial charge in [0.2, 0.25) is 10.0 Å². The fraction of sp³-hybridized carbons (Fsp3) is 0.538. The maximum atomic E-state index is 14.4. The topological polar surface area (TPSA) is 63.4 Å². The van der Waals surface area contributed by atoms with Crippen molar-refractivity contribution in [1.29, 1.82) is 0 Å². The van der Waals surface area contributed by atoms with E-state index in [1.807, 2.05) is 13.8 Å². The molecular formula is C13H18ClFN2O2S2. The van der Waals surface area contributed by atoms with Gasteiger partial charge in [-0.05, 0) is 19.1 Å². The highest BCUT2D eigenvalue weighted by Crippen LogP contribution is 2.32. The van der Waals surface area contributed by atoms with Crippen LogP contribution in [0.15, 0.2) is 17.0 Å². The van der Waals surface area contributed by atoms with Crippen LogP contribution in [-0.2, 0) is 16.6 Å². The Hall–Kier alpha value is -0.340. The third-order valence-electron chi connectivity index (χ3n) is 3.71. The first-order valence-corrected chi connectivity index (χ1v) is 9.47. The molecule has 8 heteroatoms. The molecule has 2 rings (SSSR count). The Labute approximate surface area is 133 Å². The molecule has 2 atom stereocenters. The summed E-state index contributed by atoms with van der Waals surface area (Å²) in [7, 11) is -3.92. The van der Waals surface area contributed by atoms with Gasteiger partial charge in [0.1, 0.15) is 10.7 Å². The summed E-state index contributed by atoms with van der Waals surface area (Å²) in [6, 6.07) is 2.31. The van der Waals surface area contributed by atoms with Crippen molar-refractivity contribution in [2.75, 3.05) is 12.3 Å². The van der Waals surface area contributed by atoms with Gasteiger partial charge in [-0.15, -0.1) is 0 Å². The van der Waals surface area contributed by atoms with Gasteiger partial charge in [0.15, 0.2) is 0 Å². The molecule has 2 N–H and O–H groups in total. The van der Waals surface area contributed by atoms with E-state index in [4.69, 9.17) is 17.3 Å². The molecule has 1 aromatic carbocycles. The molecule has 0 saturated carbocycles. The first-order valence-electron chi connectivity index (χ1n) is 6.60. The Kier molecular flexibility index (Phi) is 5.20. The van der Waals surface area contributed by atoms with E-state index in [9.17, 15) is 12.8 Å². The number of nitrogens with two attached hydrogens (primary N) is 1. The smallest absolute Gasteiger partial charge is 0.246 e. The van der Waals surface area contributed by atoms with E-state index in [1.165, 1.54) is 10.4 Å². The average Bonchev–Trinajstić information content (AvgIpc) is 2.43. The third kappa shape index (κ3) is 3.22. The molecule has 0 amide bonds. The van der Waals surface area contributed by atoms with Crippen molar-refractivity contribution < 1.29 is 12.8 Å². The van der Waals surface area contributed by atoms with Gasteiger partial charge in [0.25, 0.3) is 0 Å². The van der Waals surface area contributed by atoms with Crippen LogP contribution in [0, 0.1) is 5.82 Å². The van der Waals surface area contributed by atoms with Gasteiger partial charge in [-0.2, -0.15) is 16.1 Å². The minimum atomic E-state index is -3.92. The second kappa shape index (κ2) is 6.42. The molecule has 4 nitrogen and oxygen atoms in total. The summed E-state index contributed by atoms with van der Waals surface area (Å²) in [5.74, 6) is -0.114. The maximum absolute atomic E-state index is 14.4. The second-order valence-corrected chi connectivity index (χ2v) is 8.79. The van der Waals surface area contributed by atoms with E-state index >= 15 is 0 Å². The molecular weight excluding hydrogens is 335 g/mol. The second-order valence-electron chi connectivity index (χ2n) is 5.01. The minimum absolute atomic E-state index is 0.100. The lowest BCUT2D eigenvalue weighted by Gasteiger charge is -2.36. The Balaban J connectivity index is 2.51. The molecule has 2 unspecified atom stereocenters. The number of rotatable bonds is 3. The lowest BCUT2D eigenvalue weighted by molar-refractivity contribution is 0.338. The zero-order chi connectivity index (χ0) is 15.8. The Morgan fingerprint density at radius 1 is 1.48 bits per heavy atom. The number of benzene rings is 1. The molecule has 1 aliphatic heterocycles. The Bertz CT molecular complexity index is 639. The lowest BCUT2D eigenvalue weighted by atomic mass is 10.2. The van der Waals surface area contributed by atoms with Gasteiger partial charge >= 0.3 is 0 Å². The summed E-state index contributed by atoms with van der Waals surface area (Å²) in [5, 5.41) is 0.326. The van der Waals surface area contributed by atoms with Gasteiger partial charge in [0.05, 0.1) is 0 Å². The molecule has 21 heavy (non-hydrogen) atoms. The van der Waals surface area contributed by atoms with Gasteiger partial charge in [-0.1, -0.05) is 18.5 Å². The van der Waals surface area contributed by atoms with Crippen molar-refractivity contribution in [3.05, 3.63) is 28.5 Å². The molecule has 0 radical (unpaired) electrons. The molecule has 1 aliphatic rings. The molecule has 0 aliphatic carbocycles. The Morgan fingerprint density at radius 3 is 2.76 bits per heavy atom. The van der Waals surface area contributed by atoms with Crippen LogP contribution in [0.3, 0.4) is 0 Å². The zero-order valence-electron chi connectivity index (χ0n) is 11.8. The number of nitrogens with zero attached hydrogens (tertiary/aromatic N) is 1. The fourth-order valence-electron chi connectivity index (χ4n) is 2.33. The van der Waals surface area contributed by atoms with Crippen LogP contribution in [0.2, 0.25) is 5.02 Å². The lowest BCUT2D eigenvalue weighted by Crippen LogP contribution is -2.48. The number of thioether (sulfide) groups is 1. The van der Waals surface area contributed by atoms with Crippen LogP contribution in [0.5, 0.6) is 0 Å². The highest BCUT2D eigenvalue weighted by molar-refractivity contribution is 8.00. The number of hydrogen-bond acceptors (Lipinski definition) is 4. The SMILES string of the molecule is CC1SCCN(S(=O)(=O)c2cc(Cl)cc(CN)c2F)C1C. The van der Waals surface area contributed by atoms with Crippen LogP contribution in [-0.4, -0.2) is 36.3 Å². The van der Waals surface area contributed by atoms with E-state index in [-0.39, 0.29) is 33.3 Å². The highest BCUT2D eigenvalue weighted by atomic mass is 35.5. The predicted molar refractivity (Wildman–Crippen MR) is 84.6 cm³/mol. The van der Waals surface area contributed by atoms with Crippen LogP contribution in [0.4, 0.5) is 4.39 Å². The van der Waals surface area contributed by atoms with Crippen molar-refractivity contribution in [2.45, 2.75) is 36.6 Å². The maximum Gasteiger partial charge on any atom is 0.246 e. The average molecular weight is 353 g/mol. The molecule has 1 heterocycles. The number of halogens is 2. The molecule has 1 saturated heterocycles. The third-order valence-corrected chi connectivity index (χ3v) is 7.25. The first kappa shape index (κ1) is 17.0. The molecule has 1 fully saturated rings. The van der Waals surface area contributed by atoms with E-state index in [2.05, 4.69) is 0 Å². The first-order chi connectivity index (χ1) is 9.78. The Morgan fingerprint density at radius 2 is 2.14 bits per heavy atom. The molecule has 0 spiro atoms.